The van der Waals surface area contributed by atoms with Crippen LogP contribution in [0.25, 0.3) is 17.2 Å². The average Bonchev–Trinajstić information content (AvgIpc) is 3.37. The fraction of sp³-hybridized carbons (Fsp3) is 0.364. The van der Waals surface area contributed by atoms with Gasteiger partial charge >= 0.3 is 5.97 Å². The maximum atomic E-state index is 14.2. The Morgan fingerprint density at radius 1 is 1.12 bits per heavy atom. The number of benzene rings is 3. The van der Waals surface area contributed by atoms with Gasteiger partial charge in [0.05, 0.1) is 13.2 Å². The number of hydrogen-bond acceptors (Lipinski definition) is 6. The Labute approximate surface area is 252 Å². The molecule has 1 aliphatic carbocycles. The van der Waals surface area contributed by atoms with Crippen LogP contribution in [0.3, 0.4) is 0 Å². The summed E-state index contributed by atoms with van der Waals surface area (Å²) in [4.78, 5) is 10.8. The number of methoxy groups -OCH3 is 1. The highest BCUT2D eigenvalue weighted by Gasteiger charge is 2.30. The van der Waals surface area contributed by atoms with Crippen LogP contribution in [0.1, 0.15) is 37.0 Å². The highest BCUT2D eigenvalue weighted by atomic mass is 32.2. The number of rotatable bonds is 13. The van der Waals surface area contributed by atoms with E-state index in [-0.39, 0.29) is 34.8 Å². The topological polar surface area (TPSA) is 116 Å². The Kier molecular flexibility index (Phi) is 10.1. The molecule has 0 aromatic heterocycles. The predicted molar refractivity (Wildman–Crippen MR) is 165 cm³/mol. The SMILES string of the molecule is COc1ccc(-c2ccc(F)c(C=CC(=O)O)c2)cc1S(=O)(=O)N(C)CC(O)CNC(C)(C)CC1Cc2ccccc2C1. The van der Waals surface area contributed by atoms with Crippen molar-refractivity contribution in [3.05, 3.63) is 89.2 Å². The molecule has 0 amide bonds. The number of hydrogen-bond donors (Lipinski definition) is 3. The van der Waals surface area contributed by atoms with Crippen LogP contribution < -0.4 is 10.1 Å². The smallest absolute Gasteiger partial charge is 0.328 e. The molecular formula is C33H39FN2O6S. The summed E-state index contributed by atoms with van der Waals surface area (Å²) in [5.41, 5.74) is 3.54. The summed E-state index contributed by atoms with van der Waals surface area (Å²) in [5, 5.41) is 23.1. The highest BCUT2D eigenvalue weighted by Crippen LogP contribution is 2.33. The fourth-order valence-corrected chi connectivity index (χ4v) is 7.07. The molecule has 0 radical (unpaired) electrons. The van der Waals surface area contributed by atoms with Gasteiger partial charge in [0.1, 0.15) is 16.5 Å². The van der Waals surface area contributed by atoms with E-state index in [9.17, 15) is 22.7 Å². The summed E-state index contributed by atoms with van der Waals surface area (Å²) < 4.78 is 48.0. The van der Waals surface area contributed by atoms with E-state index in [0.29, 0.717) is 17.0 Å². The van der Waals surface area contributed by atoms with Gasteiger partial charge < -0.3 is 20.3 Å². The lowest BCUT2D eigenvalue weighted by Gasteiger charge is -2.31. The number of likely N-dealkylation sites (N-methyl/N-ethyl adjacent to an activating group) is 1. The number of aliphatic carboxylic acids is 1. The molecule has 8 nitrogen and oxygen atoms in total. The minimum atomic E-state index is -4.10. The van der Waals surface area contributed by atoms with Crippen LogP contribution in [0.5, 0.6) is 5.75 Å². The largest absolute Gasteiger partial charge is 0.495 e. The van der Waals surface area contributed by atoms with E-state index < -0.39 is 27.9 Å². The van der Waals surface area contributed by atoms with Crippen molar-refractivity contribution in [3.8, 4) is 16.9 Å². The molecular weight excluding hydrogens is 571 g/mol. The Morgan fingerprint density at radius 2 is 1.74 bits per heavy atom. The van der Waals surface area contributed by atoms with E-state index in [0.717, 1.165) is 35.7 Å². The van der Waals surface area contributed by atoms with Gasteiger partial charge in [0.2, 0.25) is 10.0 Å². The normalized spacial score (nSPS) is 14.8. The molecule has 1 aliphatic rings. The van der Waals surface area contributed by atoms with Crippen LogP contribution >= 0.6 is 0 Å². The first-order valence-corrected chi connectivity index (χ1v) is 15.6. The second kappa shape index (κ2) is 13.4. The molecule has 10 heteroatoms. The van der Waals surface area contributed by atoms with Crippen LogP contribution in [0.15, 0.2) is 71.6 Å². The number of nitrogens with one attached hydrogen (secondary N) is 1. The number of aliphatic hydroxyl groups is 1. The van der Waals surface area contributed by atoms with Crippen molar-refractivity contribution in [2.75, 3.05) is 27.2 Å². The van der Waals surface area contributed by atoms with Crippen molar-refractivity contribution < 1.29 is 32.6 Å². The second-order valence-electron chi connectivity index (χ2n) is 11.7. The summed E-state index contributed by atoms with van der Waals surface area (Å²) >= 11 is 0. The van der Waals surface area contributed by atoms with Gasteiger partial charge in [0, 0.05) is 37.3 Å². The standard InChI is InChI=1S/C33H39FN2O6S/c1-33(2,19-22-15-23-7-5-6-8-24(23)16-22)35-20-28(37)21-36(3)43(40,41)31-18-26(10-13-30(31)42-4)25-9-12-29(34)27(17-25)11-14-32(38)39/h5-14,17-18,22,28,35,37H,15-16,19-21H2,1-4H3,(H,38,39). The first-order chi connectivity index (χ1) is 20.3. The van der Waals surface area contributed by atoms with Crippen molar-refractivity contribution in [2.24, 2.45) is 5.92 Å². The monoisotopic (exact) mass is 610 g/mol. The zero-order valence-corrected chi connectivity index (χ0v) is 25.7. The highest BCUT2D eigenvalue weighted by molar-refractivity contribution is 7.89. The maximum Gasteiger partial charge on any atom is 0.328 e. The van der Waals surface area contributed by atoms with E-state index >= 15 is 0 Å². The molecule has 3 N–H and O–H groups in total. The first kappa shape index (κ1) is 32.3. The lowest BCUT2D eigenvalue weighted by Crippen LogP contribution is -2.47. The molecule has 43 heavy (non-hydrogen) atoms. The number of carboxylic acids is 1. The molecule has 1 atom stereocenters. The van der Waals surface area contributed by atoms with E-state index in [4.69, 9.17) is 9.84 Å². The van der Waals surface area contributed by atoms with E-state index in [1.807, 2.05) is 0 Å². The molecule has 0 heterocycles. The van der Waals surface area contributed by atoms with Crippen molar-refractivity contribution in [1.82, 2.24) is 9.62 Å². The van der Waals surface area contributed by atoms with Gasteiger partial charge in [-0.25, -0.2) is 17.6 Å². The number of carboxylic acid groups (broad SMARTS) is 1. The Hall–Kier alpha value is -3.57. The van der Waals surface area contributed by atoms with Crippen LogP contribution in [0.2, 0.25) is 0 Å². The van der Waals surface area contributed by atoms with E-state index in [1.165, 1.54) is 55.6 Å². The maximum absolute atomic E-state index is 14.2. The average molecular weight is 611 g/mol. The first-order valence-electron chi connectivity index (χ1n) is 14.1. The van der Waals surface area contributed by atoms with Crippen LogP contribution in [-0.2, 0) is 27.7 Å². The minimum Gasteiger partial charge on any atom is -0.495 e. The van der Waals surface area contributed by atoms with E-state index in [1.54, 1.807) is 6.07 Å². The van der Waals surface area contributed by atoms with Gasteiger partial charge in [-0.15, -0.1) is 0 Å². The molecule has 0 saturated carbocycles. The fourth-order valence-electron chi connectivity index (χ4n) is 5.68. The predicted octanol–water partition coefficient (Wildman–Crippen LogP) is 4.75. The number of fused-ring (bicyclic) bond motifs is 1. The van der Waals surface area contributed by atoms with Crippen LogP contribution in [0, 0.1) is 11.7 Å². The molecule has 0 aliphatic heterocycles. The Morgan fingerprint density at radius 3 is 2.37 bits per heavy atom. The van der Waals surface area contributed by atoms with Gasteiger partial charge in [-0.3, -0.25) is 0 Å². The summed E-state index contributed by atoms with van der Waals surface area (Å²) in [6.07, 6.45) is 3.99. The van der Waals surface area contributed by atoms with Crippen LogP contribution in [0.4, 0.5) is 4.39 Å². The number of carbonyl (C=O) groups is 1. The zero-order chi connectivity index (χ0) is 31.4. The molecule has 0 spiro atoms. The number of β-amino-alcohol motifs (C(OH)–C–C–N with tert-alkyl or cyclic N) is 1. The number of aliphatic hydroxyl groups excluding tert-OH is 1. The number of ether oxygens (including phenoxy) is 1. The summed E-state index contributed by atoms with van der Waals surface area (Å²) in [5.74, 6) is -1.20. The third-order valence-electron chi connectivity index (χ3n) is 7.81. The number of nitrogens with zero attached hydrogens (tertiary/aromatic N) is 1. The summed E-state index contributed by atoms with van der Waals surface area (Å²) in [7, 11) is -1.33. The molecule has 3 aromatic carbocycles. The third kappa shape index (κ3) is 8.08. The quantitative estimate of drug-likeness (QED) is 0.239. The molecule has 3 aromatic rings. The van der Waals surface area contributed by atoms with Crippen molar-refractivity contribution in [3.63, 3.8) is 0 Å². The number of halogens is 1. The molecule has 0 saturated heterocycles. The lowest BCUT2D eigenvalue weighted by atomic mass is 9.88. The minimum absolute atomic E-state index is 0.0493. The van der Waals surface area contributed by atoms with Gasteiger partial charge in [-0.1, -0.05) is 36.4 Å². The van der Waals surface area contributed by atoms with E-state index in [2.05, 4.69) is 43.4 Å². The lowest BCUT2D eigenvalue weighted by molar-refractivity contribution is -0.131. The second-order valence-corrected chi connectivity index (χ2v) is 13.7. The molecule has 0 bridgehead atoms. The molecule has 230 valence electrons. The molecule has 1 unspecified atom stereocenters. The van der Waals surface area contributed by atoms with Crippen molar-refractivity contribution in [2.45, 2.75) is 49.6 Å². The third-order valence-corrected chi connectivity index (χ3v) is 9.65. The van der Waals surface area contributed by atoms with Crippen molar-refractivity contribution in [1.29, 1.82) is 0 Å². The zero-order valence-electron chi connectivity index (χ0n) is 24.9. The van der Waals surface area contributed by atoms with Crippen LogP contribution in [-0.4, -0.2) is 67.8 Å². The summed E-state index contributed by atoms with van der Waals surface area (Å²) in [6.45, 7) is 4.26. The molecule has 0 fully saturated rings. The Balaban J connectivity index is 1.43. The van der Waals surface area contributed by atoms with Gasteiger partial charge in [0.25, 0.3) is 0 Å². The number of sulfonamides is 1. The molecule has 4 rings (SSSR count). The van der Waals surface area contributed by atoms with Crippen molar-refractivity contribution >= 4 is 22.1 Å². The van der Waals surface area contributed by atoms with Gasteiger partial charge in [-0.05, 0) is 91.6 Å². The summed E-state index contributed by atoms with van der Waals surface area (Å²) in [6, 6.07) is 17.2. The Bertz CT molecular complexity index is 1580. The van der Waals surface area contributed by atoms with Gasteiger partial charge in [-0.2, -0.15) is 4.31 Å². The van der Waals surface area contributed by atoms with Gasteiger partial charge in [0.15, 0.2) is 0 Å².